The molecule has 0 amide bonds. The Hall–Kier alpha value is -0.380. The van der Waals surface area contributed by atoms with E-state index in [2.05, 4.69) is 34.1 Å². The van der Waals surface area contributed by atoms with Crippen LogP contribution in [0.15, 0.2) is 28.7 Å². The molecule has 0 spiro atoms. The molecule has 1 heterocycles. The second-order valence-corrected chi connectivity index (χ2v) is 5.87. The summed E-state index contributed by atoms with van der Waals surface area (Å²) >= 11 is 3.62. The van der Waals surface area contributed by atoms with Crippen molar-refractivity contribution in [2.75, 3.05) is 13.2 Å². The van der Waals surface area contributed by atoms with Crippen LogP contribution in [0.3, 0.4) is 0 Å². The summed E-state index contributed by atoms with van der Waals surface area (Å²) in [4.78, 5) is 0. The maximum atomic E-state index is 5.92. The van der Waals surface area contributed by atoms with Gasteiger partial charge >= 0.3 is 0 Å². The summed E-state index contributed by atoms with van der Waals surface area (Å²) in [5, 5.41) is 0. The van der Waals surface area contributed by atoms with E-state index in [1.54, 1.807) is 0 Å². The van der Waals surface area contributed by atoms with Crippen LogP contribution in [0.5, 0.6) is 0 Å². The number of benzene rings is 1. The van der Waals surface area contributed by atoms with Gasteiger partial charge in [0.25, 0.3) is 0 Å². The highest BCUT2D eigenvalue weighted by atomic mass is 79.9. The van der Waals surface area contributed by atoms with Gasteiger partial charge in [0, 0.05) is 11.1 Å². The van der Waals surface area contributed by atoms with Gasteiger partial charge in [0.1, 0.15) is 0 Å². The minimum absolute atomic E-state index is 0.460. The summed E-state index contributed by atoms with van der Waals surface area (Å²) in [7, 11) is 0. The van der Waals surface area contributed by atoms with Gasteiger partial charge in [-0.2, -0.15) is 0 Å². The van der Waals surface area contributed by atoms with Crippen LogP contribution in [-0.4, -0.2) is 19.3 Å². The first kappa shape index (κ1) is 14.0. The second kappa shape index (κ2) is 7.27. The lowest BCUT2D eigenvalue weighted by atomic mass is 9.93. The van der Waals surface area contributed by atoms with Crippen LogP contribution in [0, 0.1) is 0 Å². The predicted octanol–water partition coefficient (Wildman–Crippen LogP) is 3.84. The lowest BCUT2D eigenvalue weighted by molar-refractivity contribution is 0.101. The monoisotopic (exact) mass is 311 g/mol. The van der Waals surface area contributed by atoms with Crippen molar-refractivity contribution in [1.29, 1.82) is 0 Å². The molecule has 2 rings (SSSR count). The third-order valence-electron chi connectivity index (χ3n) is 3.73. The number of hydrogen-bond acceptors (Lipinski definition) is 2. The molecular formula is C15H22BrNO. The molecule has 0 aromatic heterocycles. The van der Waals surface area contributed by atoms with Gasteiger partial charge < -0.3 is 10.5 Å². The van der Waals surface area contributed by atoms with E-state index in [-0.39, 0.29) is 0 Å². The molecule has 3 heteroatoms. The van der Waals surface area contributed by atoms with E-state index < -0.39 is 0 Å². The van der Waals surface area contributed by atoms with Gasteiger partial charge in [0.15, 0.2) is 0 Å². The van der Waals surface area contributed by atoms with Crippen molar-refractivity contribution in [3.05, 3.63) is 34.3 Å². The molecule has 0 bridgehead atoms. The van der Waals surface area contributed by atoms with Crippen LogP contribution in [0.25, 0.3) is 0 Å². The van der Waals surface area contributed by atoms with Gasteiger partial charge in [-0.3, -0.25) is 0 Å². The molecule has 2 N–H and O–H groups in total. The van der Waals surface area contributed by atoms with Gasteiger partial charge in [-0.15, -0.1) is 0 Å². The summed E-state index contributed by atoms with van der Waals surface area (Å²) in [6, 6.07) is 8.40. The Balaban J connectivity index is 1.83. The zero-order valence-electron chi connectivity index (χ0n) is 10.8. The Morgan fingerprint density at radius 3 is 2.89 bits per heavy atom. The fraction of sp³-hybridized carbons (Fsp3) is 0.600. The minimum Gasteiger partial charge on any atom is -0.378 e. The van der Waals surface area contributed by atoms with Crippen molar-refractivity contribution in [1.82, 2.24) is 0 Å². The number of hydrogen-bond donors (Lipinski definition) is 1. The molecule has 2 atom stereocenters. The molecule has 2 nitrogen and oxygen atoms in total. The van der Waals surface area contributed by atoms with Crippen LogP contribution in [-0.2, 0) is 4.74 Å². The van der Waals surface area contributed by atoms with Crippen LogP contribution in [0.1, 0.15) is 43.6 Å². The highest BCUT2D eigenvalue weighted by Crippen LogP contribution is 2.29. The number of nitrogens with two attached hydrogens (primary N) is 1. The molecule has 0 aliphatic carbocycles. The summed E-state index contributed by atoms with van der Waals surface area (Å²) in [5.74, 6) is 0.460. The van der Waals surface area contributed by atoms with Crippen LogP contribution < -0.4 is 5.73 Å². The van der Waals surface area contributed by atoms with E-state index in [9.17, 15) is 0 Å². The minimum atomic E-state index is 0.460. The number of rotatable bonds is 6. The lowest BCUT2D eigenvalue weighted by Gasteiger charge is -2.17. The lowest BCUT2D eigenvalue weighted by Crippen LogP contribution is -2.14. The van der Waals surface area contributed by atoms with E-state index >= 15 is 0 Å². The van der Waals surface area contributed by atoms with Crippen LogP contribution in [0.2, 0.25) is 0 Å². The maximum absolute atomic E-state index is 5.92. The first-order chi connectivity index (χ1) is 8.81. The zero-order chi connectivity index (χ0) is 12.8. The topological polar surface area (TPSA) is 35.2 Å². The van der Waals surface area contributed by atoms with E-state index in [4.69, 9.17) is 10.5 Å². The quantitative estimate of drug-likeness (QED) is 0.866. The molecule has 1 fully saturated rings. The van der Waals surface area contributed by atoms with Crippen molar-refractivity contribution in [2.45, 2.75) is 44.1 Å². The molecule has 1 aliphatic rings. The average molecular weight is 312 g/mol. The molecule has 18 heavy (non-hydrogen) atoms. The molecular weight excluding hydrogens is 290 g/mol. The van der Waals surface area contributed by atoms with Crippen molar-refractivity contribution in [3.63, 3.8) is 0 Å². The predicted molar refractivity (Wildman–Crippen MR) is 78.8 cm³/mol. The first-order valence-corrected chi connectivity index (χ1v) is 7.66. The van der Waals surface area contributed by atoms with E-state index in [0.717, 1.165) is 13.0 Å². The second-order valence-electron chi connectivity index (χ2n) is 5.02. The summed E-state index contributed by atoms with van der Waals surface area (Å²) < 4.78 is 6.84. The Morgan fingerprint density at radius 1 is 1.39 bits per heavy atom. The van der Waals surface area contributed by atoms with Gasteiger partial charge in [-0.05, 0) is 49.8 Å². The standard InChI is InChI=1S/C15H22BrNO/c16-15-9-2-1-8-14(15)12(11-17)5-3-6-13-7-4-10-18-13/h1-2,8-9,12-13H,3-7,10-11,17H2. The van der Waals surface area contributed by atoms with Crippen molar-refractivity contribution in [3.8, 4) is 0 Å². The van der Waals surface area contributed by atoms with Gasteiger partial charge in [-0.1, -0.05) is 40.5 Å². The molecule has 0 saturated carbocycles. The van der Waals surface area contributed by atoms with Gasteiger partial charge in [0.05, 0.1) is 6.10 Å². The summed E-state index contributed by atoms with van der Waals surface area (Å²) in [6.45, 7) is 1.67. The molecule has 2 unspecified atom stereocenters. The first-order valence-electron chi connectivity index (χ1n) is 6.87. The third kappa shape index (κ3) is 3.81. The Bertz CT molecular complexity index is 363. The normalized spacial score (nSPS) is 21.1. The Morgan fingerprint density at radius 2 is 2.22 bits per heavy atom. The van der Waals surface area contributed by atoms with Gasteiger partial charge in [-0.25, -0.2) is 0 Å². The third-order valence-corrected chi connectivity index (χ3v) is 4.45. The molecule has 1 aliphatic heterocycles. The van der Waals surface area contributed by atoms with Crippen molar-refractivity contribution < 1.29 is 4.74 Å². The Kier molecular flexibility index (Phi) is 5.67. The van der Waals surface area contributed by atoms with E-state index in [0.29, 0.717) is 18.6 Å². The largest absolute Gasteiger partial charge is 0.378 e. The fourth-order valence-corrected chi connectivity index (χ4v) is 3.28. The highest BCUT2D eigenvalue weighted by molar-refractivity contribution is 9.10. The maximum Gasteiger partial charge on any atom is 0.0576 e. The molecule has 1 aromatic rings. The van der Waals surface area contributed by atoms with Crippen LogP contribution >= 0.6 is 15.9 Å². The molecule has 100 valence electrons. The molecule has 0 radical (unpaired) electrons. The van der Waals surface area contributed by atoms with Crippen LogP contribution in [0.4, 0.5) is 0 Å². The van der Waals surface area contributed by atoms with Crippen molar-refractivity contribution >= 4 is 15.9 Å². The molecule has 1 saturated heterocycles. The SMILES string of the molecule is NCC(CCCC1CCCO1)c1ccccc1Br. The number of ether oxygens (including phenoxy) is 1. The summed E-state index contributed by atoms with van der Waals surface area (Å²) in [5.41, 5.74) is 7.26. The van der Waals surface area contributed by atoms with Crippen molar-refractivity contribution in [2.24, 2.45) is 5.73 Å². The number of halogens is 1. The average Bonchev–Trinajstić information content (AvgIpc) is 2.89. The van der Waals surface area contributed by atoms with E-state index in [1.807, 2.05) is 6.07 Å². The highest BCUT2D eigenvalue weighted by Gasteiger charge is 2.17. The summed E-state index contributed by atoms with van der Waals surface area (Å²) in [6.07, 6.45) is 6.51. The zero-order valence-corrected chi connectivity index (χ0v) is 12.4. The van der Waals surface area contributed by atoms with Gasteiger partial charge in [0.2, 0.25) is 0 Å². The fourth-order valence-electron chi connectivity index (χ4n) is 2.67. The Labute approximate surface area is 118 Å². The smallest absolute Gasteiger partial charge is 0.0576 e. The molecule has 1 aromatic carbocycles. The van der Waals surface area contributed by atoms with E-state index in [1.165, 1.54) is 35.7 Å².